The molecule has 5 nitrogen and oxygen atoms in total. The average molecular weight is 342 g/mol. The zero-order valence-corrected chi connectivity index (χ0v) is 12.5. The lowest BCUT2D eigenvalue weighted by Gasteiger charge is -2.16. The van der Waals surface area contributed by atoms with Gasteiger partial charge >= 0.3 is 0 Å². The van der Waals surface area contributed by atoms with Crippen molar-refractivity contribution >= 4 is 35.0 Å². The monoisotopic (exact) mass is 341 g/mol. The van der Waals surface area contributed by atoms with Gasteiger partial charge in [0.2, 0.25) is 5.91 Å². The summed E-state index contributed by atoms with van der Waals surface area (Å²) in [6.45, 7) is 0. The number of aromatic nitrogens is 1. The van der Waals surface area contributed by atoms with Gasteiger partial charge in [-0.3, -0.25) is 9.59 Å². The van der Waals surface area contributed by atoms with Gasteiger partial charge in [-0.1, -0.05) is 53.5 Å². The van der Waals surface area contributed by atoms with Crippen LogP contribution < -0.4 is 11.1 Å². The molecule has 3 N–H and O–H groups in total. The Morgan fingerprint density at radius 3 is 2.41 bits per heavy atom. The van der Waals surface area contributed by atoms with Crippen molar-refractivity contribution in [3.05, 3.63) is 63.6 Å². The van der Waals surface area contributed by atoms with Crippen LogP contribution in [0.3, 0.4) is 0 Å². The van der Waals surface area contributed by atoms with Crippen molar-refractivity contribution in [1.82, 2.24) is 10.3 Å². The summed E-state index contributed by atoms with van der Waals surface area (Å²) >= 11 is 11.2. The van der Waals surface area contributed by atoms with Crippen LogP contribution in [0.15, 0.2) is 36.4 Å². The Balaban J connectivity index is 2.30. The van der Waals surface area contributed by atoms with Gasteiger partial charge in [-0.25, -0.2) is 9.37 Å². The van der Waals surface area contributed by atoms with E-state index in [2.05, 4.69) is 10.3 Å². The van der Waals surface area contributed by atoms with Crippen molar-refractivity contribution in [3.8, 4) is 0 Å². The van der Waals surface area contributed by atoms with Crippen LogP contribution in [-0.4, -0.2) is 16.8 Å². The molecule has 2 aromatic rings. The topological polar surface area (TPSA) is 85.1 Å². The van der Waals surface area contributed by atoms with Crippen molar-refractivity contribution in [3.63, 3.8) is 0 Å². The summed E-state index contributed by atoms with van der Waals surface area (Å²) in [5.41, 5.74) is 5.53. The molecule has 1 aromatic carbocycles. The molecule has 2 rings (SSSR count). The van der Waals surface area contributed by atoms with Gasteiger partial charge in [0.1, 0.15) is 11.2 Å². The van der Waals surface area contributed by atoms with Crippen molar-refractivity contribution in [2.75, 3.05) is 0 Å². The first-order valence-electron chi connectivity index (χ1n) is 6.07. The molecule has 0 fully saturated rings. The number of amides is 2. The highest BCUT2D eigenvalue weighted by atomic mass is 35.5. The first-order valence-corrected chi connectivity index (χ1v) is 6.82. The van der Waals surface area contributed by atoms with E-state index < -0.39 is 28.8 Å². The average Bonchev–Trinajstić information content (AvgIpc) is 2.48. The Kier molecular flexibility index (Phi) is 4.95. The number of nitrogens with two attached hydrogens (primary N) is 1. The van der Waals surface area contributed by atoms with Gasteiger partial charge in [-0.2, -0.15) is 0 Å². The predicted molar refractivity (Wildman–Crippen MR) is 80.1 cm³/mol. The largest absolute Gasteiger partial charge is 0.368 e. The number of carbonyl (C=O) groups is 2. The number of nitrogens with one attached hydrogen (secondary N) is 1. The number of nitrogens with zero attached hydrogens (tertiary/aromatic N) is 1. The smallest absolute Gasteiger partial charge is 0.255 e. The van der Waals surface area contributed by atoms with Gasteiger partial charge in [0.05, 0.1) is 5.56 Å². The molecule has 0 spiro atoms. The van der Waals surface area contributed by atoms with Crippen molar-refractivity contribution in [1.29, 1.82) is 0 Å². The van der Waals surface area contributed by atoms with E-state index in [9.17, 15) is 14.0 Å². The maximum absolute atomic E-state index is 13.4. The Bertz CT molecular complexity index is 726. The maximum atomic E-state index is 13.4. The fourth-order valence-electron chi connectivity index (χ4n) is 1.78. The molecular weight excluding hydrogens is 332 g/mol. The number of primary amides is 1. The number of hydrogen-bond donors (Lipinski definition) is 2. The van der Waals surface area contributed by atoms with Gasteiger partial charge in [0.15, 0.2) is 11.0 Å². The summed E-state index contributed by atoms with van der Waals surface area (Å²) < 4.78 is 13.4. The quantitative estimate of drug-likeness (QED) is 0.837. The molecule has 1 atom stereocenters. The summed E-state index contributed by atoms with van der Waals surface area (Å²) in [6, 6.07) is 8.13. The van der Waals surface area contributed by atoms with E-state index in [1.54, 1.807) is 30.3 Å². The Labute approximate surface area is 135 Å². The van der Waals surface area contributed by atoms with Crippen LogP contribution in [0.4, 0.5) is 4.39 Å². The van der Waals surface area contributed by atoms with Crippen molar-refractivity contribution in [2.45, 2.75) is 6.04 Å². The van der Waals surface area contributed by atoms with Crippen LogP contribution in [0.5, 0.6) is 0 Å². The van der Waals surface area contributed by atoms with Crippen LogP contribution in [0, 0.1) is 5.82 Å². The van der Waals surface area contributed by atoms with E-state index in [0.29, 0.717) is 5.56 Å². The Hall–Kier alpha value is -2.18. The van der Waals surface area contributed by atoms with Crippen LogP contribution >= 0.6 is 23.2 Å². The number of hydrogen-bond acceptors (Lipinski definition) is 3. The minimum atomic E-state index is -1.08. The lowest BCUT2D eigenvalue weighted by Crippen LogP contribution is -2.37. The lowest BCUT2D eigenvalue weighted by atomic mass is 10.1. The molecule has 1 aromatic heterocycles. The second-order valence-electron chi connectivity index (χ2n) is 4.32. The molecule has 0 aliphatic heterocycles. The van der Waals surface area contributed by atoms with Crippen molar-refractivity contribution < 1.29 is 14.0 Å². The van der Waals surface area contributed by atoms with Crippen LogP contribution in [-0.2, 0) is 4.79 Å². The SMILES string of the molecule is NC(=O)[C@@H](NC(=O)c1cc(F)c(Cl)nc1Cl)c1ccccc1. The Morgan fingerprint density at radius 2 is 1.82 bits per heavy atom. The van der Waals surface area contributed by atoms with Gasteiger partial charge < -0.3 is 11.1 Å². The summed E-state index contributed by atoms with van der Waals surface area (Å²) in [6.07, 6.45) is 0. The summed E-state index contributed by atoms with van der Waals surface area (Å²) in [5, 5.41) is 1.66. The third-order valence-electron chi connectivity index (χ3n) is 2.82. The van der Waals surface area contributed by atoms with Crippen LogP contribution in [0.2, 0.25) is 10.3 Å². The van der Waals surface area contributed by atoms with Gasteiger partial charge in [-0.05, 0) is 11.6 Å². The second kappa shape index (κ2) is 6.72. The second-order valence-corrected chi connectivity index (χ2v) is 5.03. The Morgan fingerprint density at radius 1 is 1.18 bits per heavy atom. The number of benzene rings is 1. The van der Waals surface area contributed by atoms with E-state index in [0.717, 1.165) is 6.07 Å². The molecule has 2 amide bonds. The first-order chi connectivity index (χ1) is 10.4. The number of carbonyl (C=O) groups excluding carboxylic acids is 2. The molecule has 0 unspecified atom stereocenters. The highest BCUT2D eigenvalue weighted by molar-refractivity contribution is 6.34. The number of rotatable bonds is 4. The number of pyridine rings is 1. The molecule has 114 valence electrons. The molecule has 22 heavy (non-hydrogen) atoms. The molecule has 0 aliphatic rings. The van der Waals surface area contributed by atoms with Crippen LogP contribution in [0.25, 0.3) is 0 Å². The fourth-order valence-corrected chi connectivity index (χ4v) is 2.19. The van der Waals surface area contributed by atoms with E-state index in [1.165, 1.54) is 0 Å². The van der Waals surface area contributed by atoms with E-state index in [-0.39, 0.29) is 10.7 Å². The minimum absolute atomic E-state index is 0.245. The normalized spacial score (nSPS) is 11.8. The highest BCUT2D eigenvalue weighted by Crippen LogP contribution is 2.21. The standard InChI is InChI=1S/C14H10Cl2FN3O2/c15-11-8(6-9(17)12(16)20-11)14(22)19-10(13(18)21)7-4-2-1-3-5-7/h1-6,10H,(H2,18,21)(H,19,22)/t10-/m0/s1. The van der Waals surface area contributed by atoms with Gasteiger partial charge in [0, 0.05) is 0 Å². The minimum Gasteiger partial charge on any atom is -0.368 e. The summed E-state index contributed by atoms with van der Waals surface area (Å²) in [7, 11) is 0. The third-order valence-corrected chi connectivity index (χ3v) is 3.38. The highest BCUT2D eigenvalue weighted by Gasteiger charge is 2.23. The van der Waals surface area contributed by atoms with E-state index in [4.69, 9.17) is 28.9 Å². The molecule has 0 saturated heterocycles. The van der Waals surface area contributed by atoms with Gasteiger partial charge in [-0.15, -0.1) is 0 Å². The zero-order chi connectivity index (χ0) is 16.3. The number of halogens is 3. The van der Waals surface area contributed by atoms with E-state index >= 15 is 0 Å². The predicted octanol–water partition coefficient (Wildman–Crippen LogP) is 2.48. The molecule has 0 radical (unpaired) electrons. The molecule has 8 heteroatoms. The first kappa shape index (κ1) is 16.2. The lowest BCUT2D eigenvalue weighted by molar-refractivity contribution is -0.120. The molecule has 0 aliphatic carbocycles. The van der Waals surface area contributed by atoms with E-state index in [1.807, 2.05) is 0 Å². The molecule has 0 saturated carbocycles. The van der Waals surface area contributed by atoms with Crippen molar-refractivity contribution in [2.24, 2.45) is 5.73 Å². The third kappa shape index (κ3) is 3.52. The molecular formula is C14H10Cl2FN3O2. The summed E-state index contributed by atoms with van der Waals surface area (Å²) in [4.78, 5) is 27.2. The maximum Gasteiger partial charge on any atom is 0.255 e. The fraction of sp³-hybridized carbons (Fsp3) is 0.0714. The molecule has 1 heterocycles. The molecule has 0 bridgehead atoms. The van der Waals surface area contributed by atoms with Gasteiger partial charge in [0.25, 0.3) is 5.91 Å². The van der Waals surface area contributed by atoms with Crippen LogP contribution in [0.1, 0.15) is 22.0 Å². The summed E-state index contributed by atoms with van der Waals surface area (Å²) in [5.74, 6) is -2.45. The zero-order valence-electron chi connectivity index (χ0n) is 11.0.